The number of nitrogens with one attached hydrogen (secondary N) is 1. The molecule has 2 aromatic heterocycles. The molecule has 0 aliphatic carbocycles. The molecule has 1 N–H and O–H groups in total. The zero-order chi connectivity index (χ0) is 17.2. The van der Waals surface area contributed by atoms with Gasteiger partial charge in [0, 0.05) is 18.3 Å². The molecule has 2 aromatic carbocycles. The van der Waals surface area contributed by atoms with Crippen LogP contribution in [0.4, 0.5) is 5.95 Å². The summed E-state index contributed by atoms with van der Waals surface area (Å²) in [6, 6.07) is 16.6. The lowest BCUT2D eigenvalue weighted by Gasteiger charge is -2.06. The molecule has 4 rings (SSSR count). The zero-order valence-electron chi connectivity index (χ0n) is 14.1. The van der Waals surface area contributed by atoms with Crippen molar-refractivity contribution in [3.63, 3.8) is 0 Å². The van der Waals surface area contributed by atoms with Gasteiger partial charge in [0.15, 0.2) is 0 Å². The Morgan fingerprint density at radius 1 is 1.04 bits per heavy atom. The van der Waals surface area contributed by atoms with Gasteiger partial charge in [0.1, 0.15) is 0 Å². The molecule has 4 aromatic rings. The highest BCUT2D eigenvalue weighted by Crippen LogP contribution is 2.23. The Labute approximate surface area is 145 Å². The molecule has 25 heavy (non-hydrogen) atoms. The Hall–Kier alpha value is -3.28. The summed E-state index contributed by atoms with van der Waals surface area (Å²) in [5, 5.41) is 18.1. The lowest BCUT2D eigenvalue weighted by atomic mass is 10.1. The van der Waals surface area contributed by atoms with Crippen LogP contribution < -0.4 is 5.32 Å². The fourth-order valence-electron chi connectivity index (χ4n) is 2.76. The van der Waals surface area contributed by atoms with E-state index in [2.05, 4.69) is 55.9 Å². The number of benzene rings is 2. The fraction of sp³-hybridized carbons (Fsp3) is 0.158. The van der Waals surface area contributed by atoms with E-state index in [1.807, 2.05) is 36.9 Å². The molecule has 0 amide bonds. The van der Waals surface area contributed by atoms with Crippen molar-refractivity contribution in [1.82, 2.24) is 25.0 Å². The average molecular weight is 330 g/mol. The van der Waals surface area contributed by atoms with Crippen LogP contribution in [0.3, 0.4) is 0 Å². The predicted octanol–water partition coefficient (Wildman–Crippen LogP) is 3.35. The summed E-state index contributed by atoms with van der Waals surface area (Å²) in [7, 11) is 1.93. The van der Waals surface area contributed by atoms with Crippen LogP contribution >= 0.6 is 0 Å². The third-order valence-electron chi connectivity index (χ3n) is 4.20. The quantitative estimate of drug-likeness (QED) is 0.621. The SMILES string of the molecule is Cc1cc(CNc2nncc(-c3ccc4ccccc4c3)n2)nn1C. The molecule has 0 radical (unpaired) electrons. The van der Waals surface area contributed by atoms with Crippen molar-refractivity contribution in [3.8, 4) is 11.3 Å². The molecule has 124 valence electrons. The number of hydrogen-bond donors (Lipinski definition) is 1. The Kier molecular flexibility index (Phi) is 3.85. The second kappa shape index (κ2) is 6.32. The summed E-state index contributed by atoms with van der Waals surface area (Å²) in [6.07, 6.45) is 1.68. The van der Waals surface area contributed by atoms with Crippen molar-refractivity contribution in [1.29, 1.82) is 0 Å². The van der Waals surface area contributed by atoms with E-state index in [0.29, 0.717) is 12.5 Å². The number of rotatable bonds is 4. The highest BCUT2D eigenvalue weighted by molar-refractivity contribution is 5.86. The molecular weight excluding hydrogens is 312 g/mol. The summed E-state index contributed by atoms with van der Waals surface area (Å²) in [4.78, 5) is 4.57. The lowest BCUT2D eigenvalue weighted by molar-refractivity contribution is 0.723. The monoisotopic (exact) mass is 330 g/mol. The minimum absolute atomic E-state index is 0.494. The van der Waals surface area contributed by atoms with Gasteiger partial charge in [-0.1, -0.05) is 36.4 Å². The first-order valence-corrected chi connectivity index (χ1v) is 8.11. The van der Waals surface area contributed by atoms with E-state index in [-0.39, 0.29) is 0 Å². The van der Waals surface area contributed by atoms with E-state index in [1.54, 1.807) is 6.20 Å². The van der Waals surface area contributed by atoms with Crippen molar-refractivity contribution in [2.45, 2.75) is 13.5 Å². The van der Waals surface area contributed by atoms with Gasteiger partial charge >= 0.3 is 0 Å². The first kappa shape index (κ1) is 15.3. The number of aryl methyl sites for hydroxylation is 2. The van der Waals surface area contributed by atoms with Gasteiger partial charge in [0.25, 0.3) is 0 Å². The molecule has 0 saturated carbocycles. The minimum atomic E-state index is 0.494. The van der Waals surface area contributed by atoms with Gasteiger partial charge in [-0.25, -0.2) is 4.98 Å². The largest absolute Gasteiger partial charge is 0.347 e. The Morgan fingerprint density at radius 3 is 2.68 bits per heavy atom. The van der Waals surface area contributed by atoms with Crippen LogP contribution in [0.15, 0.2) is 54.7 Å². The average Bonchev–Trinajstić information content (AvgIpc) is 2.98. The molecule has 0 spiro atoms. The van der Waals surface area contributed by atoms with Crippen LogP contribution in [-0.2, 0) is 13.6 Å². The van der Waals surface area contributed by atoms with E-state index in [1.165, 1.54) is 10.8 Å². The van der Waals surface area contributed by atoms with Gasteiger partial charge < -0.3 is 5.32 Å². The smallest absolute Gasteiger partial charge is 0.243 e. The van der Waals surface area contributed by atoms with Gasteiger partial charge in [0.05, 0.1) is 24.1 Å². The van der Waals surface area contributed by atoms with E-state index in [9.17, 15) is 0 Å². The second-order valence-corrected chi connectivity index (χ2v) is 5.98. The molecule has 0 aliphatic heterocycles. The van der Waals surface area contributed by atoms with E-state index >= 15 is 0 Å². The third-order valence-corrected chi connectivity index (χ3v) is 4.20. The van der Waals surface area contributed by atoms with Crippen molar-refractivity contribution >= 4 is 16.7 Å². The zero-order valence-corrected chi connectivity index (χ0v) is 14.1. The molecule has 0 saturated heterocycles. The van der Waals surface area contributed by atoms with Crippen LogP contribution in [0.1, 0.15) is 11.4 Å². The summed E-state index contributed by atoms with van der Waals surface area (Å²) in [5.74, 6) is 0.494. The molecule has 6 nitrogen and oxygen atoms in total. The fourth-order valence-corrected chi connectivity index (χ4v) is 2.76. The van der Waals surface area contributed by atoms with Crippen LogP contribution in [0, 0.1) is 6.92 Å². The summed E-state index contributed by atoms with van der Waals surface area (Å²) in [5.41, 5.74) is 3.87. The van der Waals surface area contributed by atoms with Crippen molar-refractivity contribution in [2.75, 3.05) is 5.32 Å². The standard InChI is InChI=1S/C19H18N6/c1-13-9-17(24-25(13)2)11-20-19-22-18(12-21-23-19)16-8-7-14-5-3-4-6-15(14)10-16/h3-10,12H,11H2,1-2H3,(H,20,22,23). The van der Waals surface area contributed by atoms with E-state index < -0.39 is 0 Å². The predicted molar refractivity (Wildman–Crippen MR) is 98.0 cm³/mol. The summed E-state index contributed by atoms with van der Waals surface area (Å²) >= 11 is 0. The van der Waals surface area contributed by atoms with Crippen molar-refractivity contribution < 1.29 is 0 Å². The molecule has 0 unspecified atom stereocenters. The number of aromatic nitrogens is 5. The van der Waals surface area contributed by atoms with Crippen molar-refractivity contribution in [2.24, 2.45) is 7.05 Å². The number of fused-ring (bicyclic) bond motifs is 1. The van der Waals surface area contributed by atoms with Gasteiger partial charge in [-0.15, -0.1) is 5.10 Å². The van der Waals surface area contributed by atoms with Gasteiger partial charge in [0.2, 0.25) is 5.95 Å². The first-order chi connectivity index (χ1) is 12.2. The topological polar surface area (TPSA) is 68.5 Å². The Bertz CT molecular complexity index is 1020. The number of hydrogen-bond acceptors (Lipinski definition) is 5. The lowest BCUT2D eigenvalue weighted by Crippen LogP contribution is -2.06. The minimum Gasteiger partial charge on any atom is -0.347 e. The maximum Gasteiger partial charge on any atom is 0.243 e. The van der Waals surface area contributed by atoms with Crippen LogP contribution in [0.5, 0.6) is 0 Å². The molecule has 0 bridgehead atoms. The molecule has 2 heterocycles. The van der Waals surface area contributed by atoms with E-state index in [0.717, 1.165) is 22.6 Å². The van der Waals surface area contributed by atoms with Crippen LogP contribution in [-0.4, -0.2) is 25.0 Å². The molecule has 0 aliphatic rings. The summed E-state index contributed by atoms with van der Waals surface area (Å²) in [6.45, 7) is 2.58. The molecular formula is C19H18N6. The third kappa shape index (κ3) is 3.19. The normalized spacial score (nSPS) is 11.0. The van der Waals surface area contributed by atoms with Crippen LogP contribution in [0.2, 0.25) is 0 Å². The van der Waals surface area contributed by atoms with Crippen molar-refractivity contribution in [3.05, 3.63) is 66.1 Å². The first-order valence-electron chi connectivity index (χ1n) is 8.11. The highest BCUT2D eigenvalue weighted by atomic mass is 15.3. The number of nitrogens with zero attached hydrogens (tertiary/aromatic N) is 5. The molecule has 0 atom stereocenters. The molecule has 0 fully saturated rings. The van der Waals surface area contributed by atoms with Gasteiger partial charge in [-0.2, -0.15) is 10.2 Å². The Balaban J connectivity index is 1.57. The maximum absolute atomic E-state index is 4.57. The maximum atomic E-state index is 4.57. The van der Waals surface area contributed by atoms with Gasteiger partial charge in [-0.05, 0) is 29.8 Å². The summed E-state index contributed by atoms with van der Waals surface area (Å²) < 4.78 is 1.85. The van der Waals surface area contributed by atoms with Gasteiger partial charge in [-0.3, -0.25) is 4.68 Å². The molecule has 6 heteroatoms. The highest BCUT2D eigenvalue weighted by Gasteiger charge is 2.06. The second-order valence-electron chi connectivity index (χ2n) is 5.98. The number of anilines is 1. The van der Waals surface area contributed by atoms with E-state index in [4.69, 9.17) is 0 Å². The van der Waals surface area contributed by atoms with Crippen LogP contribution in [0.25, 0.3) is 22.0 Å². The Morgan fingerprint density at radius 2 is 1.88 bits per heavy atom.